The number of aromatic nitrogens is 1. The fourth-order valence-corrected chi connectivity index (χ4v) is 2.88. The molecule has 1 heterocycles. The van der Waals surface area contributed by atoms with E-state index in [9.17, 15) is 9.18 Å². The molecule has 0 aliphatic carbocycles. The van der Waals surface area contributed by atoms with Crippen LogP contribution in [0.15, 0.2) is 48.5 Å². The van der Waals surface area contributed by atoms with Gasteiger partial charge >= 0.3 is 0 Å². The summed E-state index contributed by atoms with van der Waals surface area (Å²) in [6.45, 7) is 1.01. The molecule has 7 heteroatoms. The van der Waals surface area contributed by atoms with Crippen molar-refractivity contribution in [2.75, 3.05) is 13.1 Å². The number of fused-ring (bicyclic) bond motifs is 1. The predicted octanol–water partition coefficient (Wildman–Crippen LogP) is 3.19. The van der Waals surface area contributed by atoms with Crippen molar-refractivity contribution < 1.29 is 9.18 Å². The molecule has 0 saturated heterocycles. The first-order valence-corrected chi connectivity index (χ1v) is 8.69. The summed E-state index contributed by atoms with van der Waals surface area (Å²) in [4.78, 5) is 15.4. The number of aromatic amines is 1. The van der Waals surface area contributed by atoms with Crippen molar-refractivity contribution in [2.24, 2.45) is 11.5 Å². The number of rotatable bonds is 7. The summed E-state index contributed by atoms with van der Waals surface area (Å²) in [5.41, 5.74) is 14.7. The summed E-state index contributed by atoms with van der Waals surface area (Å²) >= 11 is 0. The molecule has 0 aliphatic heterocycles. The minimum atomic E-state index is -0.264. The monoisotopic (exact) mass is 390 g/mol. The molecule has 27 heavy (non-hydrogen) atoms. The van der Waals surface area contributed by atoms with Gasteiger partial charge in [0, 0.05) is 23.5 Å². The number of carbonyl (C=O) groups excluding carboxylic acids is 1. The Morgan fingerprint density at radius 3 is 2.52 bits per heavy atom. The fourth-order valence-electron chi connectivity index (χ4n) is 2.88. The minimum absolute atomic E-state index is 0. The van der Waals surface area contributed by atoms with E-state index in [1.165, 1.54) is 12.1 Å². The van der Waals surface area contributed by atoms with Gasteiger partial charge in [-0.3, -0.25) is 4.79 Å². The summed E-state index contributed by atoms with van der Waals surface area (Å²) in [5, 5.41) is 3.76. The number of halogens is 2. The lowest BCUT2D eigenvalue weighted by molar-refractivity contribution is 0.0946. The van der Waals surface area contributed by atoms with Crippen molar-refractivity contribution in [2.45, 2.75) is 18.9 Å². The standard InChI is InChI=1S/C20H23FN4O.ClH/c21-16-6-3-13(4-7-16)14-5-8-18-15(10-14)11-19(25-18)20(26)24-12-17(23)2-1-9-22;/h3-8,10-11,17,25H,1-2,9,12,22-23H2,(H,24,26);1H/t17-;/m1./s1. The van der Waals surface area contributed by atoms with Crippen LogP contribution in [0, 0.1) is 5.82 Å². The molecule has 0 radical (unpaired) electrons. The molecule has 0 fully saturated rings. The summed E-state index contributed by atoms with van der Waals surface area (Å²) < 4.78 is 13.1. The van der Waals surface area contributed by atoms with E-state index in [0.29, 0.717) is 18.8 Å². The van der Waals surface area contributed by atoms with Crippen molar-refractivity contribution in [1.82, 2.24) is 10.3 Å². The number of hydrogen-bond donors (Lipinski definition) is 4. The number of hydrogen-bond acceptors (Lipinski definition) is 3. The molecular weight excluding hydrogens is 367 g/mol. The molecule has 1 atom stereocenters. The van der Waals surface area contributed by atoms with Gasteiger partial charge in [0.2, 0.25) is 0 Å². The summed E-state index contributed by atoms with van der Waals surface area (Å²) in [6.07, 6.45) is 1.63. The molecule has 144 valence electrons. The lowest BCUT2D eigenvalue weighted by atomic mass is 10.0. The number of nitrogens with one attached hydrogen (secondary N) is 2. The van der Waals surface area contributed by atoms with E-state index in [4.69, 9.17) is 11.5 Å². The second kappa shape index (κ2) is 9.50. The molecule has 0 spiro atoms. The maximum atomic E-state index is 13.1. The Morgan fingerprint density at radius 1 is 1.11 bits per heavy atom. The lowest BCUT2D eigenvalue weighted by Crippen LogP contribution is -2.37. The number of nitrogens with two attached hydrogens (primary N) is 2. The van der Waals surface area contributed by atoms with Crippen molar-refractivity contribution in [3.05, 3.63) is 60.0 Å². The zero-order valence-corrected chi connectivity index (χ0v) is 15.7. The molecule has 0 unspecified atom stereocenters. The lowest BCUT2D eigenvalue weighted by Gasteiger charge is -2.11. The van der Waals surface area contributed by atoms with Crippen molar-refractivity contribution >= 4 is 29.2 Å². The first-order chi connectivity index (χ1) is 12.6. The molecular formula is C20H24ClFN4O. The third kappa shape index (κ3) is 5.29. The average Bonchev–Trinajstić information content (AvgIpc) is 3.08. The minimum Gasteiger partial charge on any atom is -0.351 e. The topological polar surface area (TPSA) is 96.9 Å². The highest BCUT2D eigenvalue weighted by atomic mass is 35.5. The third-order valence-corrected chi connectivity index (χ3v) is 4.35. The van der Waals surface area contributed by atoms with Gasteiger partial charge in [-0.15, -0.1) is 12.4 Å². The molecule has 3 aromatic rings. The van der Waals surface area contributed by atoms with Crippen LogP contribution in [-0.4, -0.2) is 30.0 Å². The molecule has 6 N–H and O–H groups in total. The van der Waals surface area contributed by atoms with Gasteiger partial charge in [0.25, 0.3) is 5.91 Å². The van der Waals surface area contributed by atoms with Crippen molar-refractivity contribution in [3.63, 3.8) is 0 Å². The van der Waals surface area contributed by atoms with Crippen LogP contribution in [0.4, 0.5) is 4.39 Å². The van der Waals surface area contributed by atoms with Crippen LogP contribution < -0.4 is 16.8 Å². The Labute approximate surface area is 163 Å². The highest BCUT2D eigenvalue weighted by molar-refractivity contribution is 5.98. The predicted molar refractivity (Wildman–Crippen MR) is 110 cm³/mol. The number of carbonyl (C=O) groups is 1. The largest absolute Gasteiger partial charge is 0.351 e. The Balaban J connectivity index is 0.00000261. The van der Waals surface area contributed by atoms with Gasteiger partial charge in [-0.2, -0.15) is 0 Å². The smallest absolute Gasteiger partial charge is 0.267 e. The zero-order chi connectivity index (χ0) is 18.5. The van der Waals surface area contributed by atoms with E-state index >= 15 is 0 Å². The van der Waals surface area contributed by atoms with E-state index in [1.807, 2.05) is 24.3 Å². The molecule has 1 aromatic heterocycles. The fraction of sp³-hybridized carbons (Fsp3) is 0.250. The maximum Gasteiger partial charge on any atom is 0.267 e. The van der Waals surface area contributed by atoms with E-state index in [0.717, 1.165) is 34.9 Å². The van der Waals surface area contributed by atoms with Crippen LogP contribution in [0.3, 0.4) is 0 Å². The average molecular weight is 391 g/mol. The maximum absolute atomic E-state index is 13.1. The summed E-state index contributed by atoms with van der Waals surface area (Å²) in [5.74, 6) is -0.451. The van der Waals surface area contributed by atoms with Crippen LogP contribution in [0.1, 0.15) is 23.3 Å². The molecule has 5 nitrogen and oxygen atoms in total. The van der Waals surface area contributed by atoms with Crippen molar-refractivity contribution in [3.8, 4) is 11.1 Å². The van der Waals surface area contributed by atoms with E-state index in [1.54, 1.807) is 12.1 Å². The van der Waals surface area contributed by atoms with Gasteiger partial charge in [0.1, 0.15) is 11.5 Å². The van der Waals surface area contributed by atoms with Crippen LogP contribution >= 0.6 is 12.4 Å². The highest BCUT2D eigenvalue weighted by Gasteiger charge is 2.11. The SMILES string of the molecule is Cl.NCCC[C@@H](N)CNC(=O)c1cc2cc(-c3ccc(F)cc3)ccc2[nH]1. The molecule has 0 aliphatic rings. The second-order valence-electron chi connectivity index (χ2n) is 6.39. The Kier molecular flexibility index (Phi) is 7.36. The second-order valence-corrected chi connectivity index (χ2v) is 6.39. The van der Waals surface area contributed by atoms with Gasteiger partial charge in [0.05, 0.1) is 0 Å². The first-order valence-electron chi connectivity index (χ1n) is 8.69. The van der Waals surface area contributed by atoms with Crippen molar-refractivity contribution in [1.29, 1.82) is 0 Å². The molecule has 0 bridgehead atoms. The van der Waals surface area contributed by atoms with Gasteiger partial charge in [-0.25, -0.2) is 4.39 Å². The quantitative estimate of drug-likeness (QED) is 0.498. The van der Waals surface area contributed by atoms with E-state index < -0.39 is 0 Å². The number of amides is 1. The summed E-state index contributed by atoms with van der Waals surface area (Å²) in [6, 6.07) is 13.9. The molecule has 0 saturated carbocycles. The molecule has 3 rings (SSSR count). The van der Waals surface area contributed by atoms with Gasteiger partial charge < -0.3 is 21.8 Å². The normalized spacial score (nSPS) is 11.8. The van der Waals surface area contributed by atoms with Crippen LogP contribution in [0.25, 0.3) is 22.0 Å². The third-order valence-electron chi connectivity index (χ3n) is 4.35. The van der Waals surface area contributed by atoms with Gasteiger partial charge in [0.15, 0.2) is 0 Å². The van der Waals surface area contributed by atoms with E-state index in [2.05, 4.69) is 10.3 Å². The van der Waals surface area contributed by atoms with Gasteiger partial charge in [-0.1, -0.05) is 18.2 Å². The first kappa shape index (κ1) is 20.9. The Hall–Kier alpha value is -2.41. The van der Waals surface area contributed by atoms with Crippen LogP contribution in [-0.2, 0) is 0 Å². The van der Waals surface area contributed by atoms with Crippen LogP contribution in [0.5, 0.6) is 0 Å². The zero-order valence-electron chi connectivity index (χ0n) is 14.9. The summed E-state index contributed by atoms with van der Waals surface area (Å²) in [7, 11) is 0. The van der Waals surface area contributed by atoms with Crippen LogP contribution in [0.2, 0.25) is 0 Å². The number of benzene rings is 2. The Morgan fingerprint density at radius 2 is 1.81 bits per heavy atom. The Bertz CT molecular complexity index is 895. The van der Waals surface area contributed by atoms with Gasteiger partial charge in [-0.05, 0) is 60.8 Å². The molecule has 2 aromatic carbocycles. The molecule has 1 amide bonds. The number of H-pyrrole nitrogens is 1. The highest BCUT2D eigenvalue weighted by Crippen LogP contribution is 2.25. The van der Waals surface area contributed by atoms with E-state index in [-0.39, 0.29) is 30.2 Å².